The highest BCUT2D eigenvalue weighted by Gasteiger charge is 2.21. The number of carbonyl (C=O) groups excluding carboxylic acids is 1. The number of ketones is 1. The standard InChI is InChI=1S/C10H12Br2O2/c1-6-5-7(9(13)10(11)12)3-4-8(6)14-2/h3-6,8,10H,1-2H3. The molecule has 78 valence electrons. The van der Waals surface area contributed by atoms with Crippen molar-refractivity contribution in [2.45, 2.75) is 16.8 Å². The Hall–Kier alpha value is 0.0700. The quantitative estimate of drug-likeness (QED) is 0.747. The second-order valence-electron chi connectivity index (χ2n) is 3.21. The average molecular weight is 324 g/mol. The SMILES string of the molecule is COC1C=CC(C(=O)C(Br)Br)=CC1C. The number of halogens is 2. The molecule has 0 aromatic rings. The molecular weight excluding hydrogens is 312 g/mol. The predicted octanol–water partition coefficient (Wildman–Crippen LogP) is 2.82. The van der Waals surface area contributed by atoms with Crippen LogP contribution in [-0.2, 0) is 9.53 Å². The first-order valence-corrected chi connectivity index (χ1v) is 6.14. The zero-order chi connectivity index (χ0) is 10.7. The number of alkyl halides is 2. The highest BCUT2D eigenvalue weighted by Crippen LogP contribution is 2.23. The lowest BCUT2D eigenvalue weighted by Gasteiger charge is -2.21. The number of hydrogen-bond donors (Lipinski definition) is 0. The number of hydrogen-bond acceptors (Lipinski definition) is 2. The lowest BCUT2D eigenvalue weighted by Crippen LogP contribution is -2.22. The van der Waals surface area contributed by atoms with E-state index in [0.717, 1.165) is 5.57 Å². The van der Waals surface area contributed by atoms with Crippen molar-refractivity contribution in [3.63, 3.8) is 0 Å². The maximum atomic E-state index is 11.6. The Bertz CT molecular complexity index is 282. The highest BCUT2D eigenvalue weighted by molar-refractivity contribution is 9.25. The van der Waals surface area contributed by atoms with Crippen LogP contribution in [0.3, 0.4) is 0 Å². The third kappa shape index (κ3) is 2.78. The molecule has 1 aliphatic carbocycles. The van der Waals surface area contributed by atoms with Crippen LogP contribution < -0.4 is 0 Å². The Labute approximate surface area is 101 Å². The van der Waals surface area contributed by atoms with Crippen LogP contribution in [0.1, 0.15) is 6.92 Å². The monoisotopic (exact) mass is 322 g/mol. The van der Waals surface area contributed by atoms with Gasteiger partial charge in [-0.2, -0.15) is 0 Å². The molecular formula is C10H12Br2O2. The summed E-state index contributed by atoms with van der Waals surface area (Å²) in [5.74, 6) is 0.283. The fourth-order valence-electron chi connectivity index (χ4n) is 1.39. The summed E-state index contributed by atoms with van der Waals surface area (Å²) in [5.41, 5.74) is 0.726. The molecule has 0 amide bonds. The van der Waals surface area contributed by atoms with Gasteiger partial charge in [-0.15, -0.1) is 0 Å². The molecule has 0 fully saturated rings. The lowest BCUT2D eigenvalue weighted by atomic mass is 9.93. The van der Waals surface area contributed by atoms with Crippen molar-refractivity contribution in [2.75, 3.05) is 7.11 Å². The van der Waals surface area contributed by atoms with E-state index >= 15 is 0 Å². The van der Waals surface area contributed by atoms with Gasteiger partial charge in [0.25, 0.3) is 0 Å². The van der Waals surface area contributed by atoms with Crippen LogP contribution in [0.5, 0.6) is 0 Å². The molecule has 14 heavy (non-hydrogen) atoms. The minimum absolute atomic E-state index is 0.0441. The normalized spacial score (nSPS) is 26.5. The van der Waals surface area contributed by atoms with Gasteiger partial charge in [-0.1, -0.05) is 57.0 Å². The van der Waals surface area contributed by atoms with E-state index in [1.165, 1.54) is 0 Å². The van der Waals surface area contributed by atoms with Crippen molar-refractivity contribution < 1.29 is 9.53 Å². The molecule has 0 saturated carbocycles. The van der Waals surface area contributed by atoms with Crippen LogP contribution in [0.2, 0.25) is 0 Å². The molecule has 0 spiro atoms. The first-order valence-electron chi connectivity index (χ1n) is 4.31. The minimum atomic E-state index is -0.308. The van der Waals surface area contributed by atoms with Crippen LogP contribution in [0, 0.1) is 5.92 Å². The van der Waals surface area contributed by atoms with E-state index in [4.69, 9.17) is 4.74 Å². The van der Waals surface area contributed by atoms with E-state index in [-0.39, 0.29) is 21.5 Å². The molecule has 0 bridgehead atoms. The van der Waals surface area contributed by atoms with Gasteiger partial charge in [-0.05, 0) is 0 Å². The van der Waals surface area contributed by atoms with E-state index < -0.39 is 0 Å². The van der Waals surface area contributed by atoms with Crippen molar-refractivity contribution in [1.29, 1.82) is 0 Å². The van der Waals surface area contributed by atoms with Crippen molar-refractivity contribution in [2.24, 2.45) is 5.92 Å². The molecule has 0 aromatic carbocycles. The summed E-state index contributed by atoms with van der Waals surface area (Å²) >= 11 is 6.38. The largest absolute Gasteiger partial charge is 0.377 e. The summed E-state index contributed by atoms with van der Waals surface area (Å²) in [4.78, 5) is 11.6. The van der Waals surface area contributed by atoms with Gasteiger partial charge >= 0.3 is 0 Å². The molecule has 1 rings (SSSR count). The smallest absolute Gasteiger partial charge is 0.186 e. The molecule has 2 nitrogen and oxygen atoms in total. The van der Waals surface area contributed by atoms with Crippen molar-refractivity contribution in [1.82, 2.24) is 0 Å². The Kier molecular flexibility index (Phi) is 4.54. The topological polar surface area (TPSA) is 26.3 Å². The Morgan fingerprint density at radius 2 is 2.21 bits per heavy atom. The van der Waals surface area contributed by atoms with Gasteiger partial charge in [0.15, 0.2) is 5.78 Å². The van der Waals surface area contributed by atoms with Crippen molar-refractivity contribution in [3.8, 4) is 0 Å². The molecule has 0 radical (unpaired) electrons. The van der Waals surface area contributed by atoms with Gasteiger partial charge in [-0.3, -0.25) is 4.79 Å². The Morgan fingerprint density at radius 3 is 2.64 bits per heavy atom. The van der Waals surface area contributed by atoms with Crippen LogP contribution in [-0.4, -0.2) is 22.7 Å². The maximum absolute atomic E-state index is 11.6. The molecule has 2 unspecified atom stereocenters. The summed E-state index contributed by atoms with van der Waals surface area (Å²) in [5, 5.41) is 0. The van der Waals surface area contributed by atoms with Gasteiger partial charge < -0.3 is 4.74 Å². The zero-order valence-corrected chi connectivity index (χ0v) is 11.2. The average Bonchev–Trinajstić information content (AvgIpc) is 2.16. The number of allylic oxidation sites excluding steroid dienone is 2. The van der Waals surface area contributed by atoms with E-state index in [1.807, 2.05) is 25.2 Å². The van der Waals surface area contributed by atoms with Crippen molar-refractivity contribution >= 4 is 37.6 Å². The van der Waals surface area contributed by atoms with Gasteiger partial charge in [0, 0.05) is 18.6 Å². The van der Waals surface area contributed by atoms with Crippen LogP contribution in [0.25, 0.3) is 0 Å². The van der Waals surface area contributed by atoms with Gasteiger partial charge in [0.05, 0.1) is 6.10 Å². The molecule has 0 aliphatic heterocycles. The molecule has 0 N–H and O–H groups in total. The van der Waals surface area contributed by atoms with Crippen LogP contribution >= 0.6 is 31.9 Å². The van der Waals surface area contributed by atoms with E-state index in [2.05, 4.69) is 31.9 Å². The van der Waals surface area contributed by atoms with Crippen LogP contribution in [0.15, 0.2) is 23.8 Å². The van der Waals surface area contributed by atoms with Gasteiger partial charge in [0.1, 0.15) is 3.74 Å². The number of carbonyl (C=O) groups is 1. The van der Waals surface area contributed by atoms with Gasteiger partial charge in [0.2, 0.25) is 0 Å². The van der Waals surface area contributed by atoms with Gasteiger partial charge in [-0.25, -0.2) is 0 Å². The second kappa shape index (κ2) is 5.24. The maximum Gasteiger partial charge on any atom is 0.186 e. The lowest BCUT2D eigenvalue weighted by molar-refractivity contribution is -0.113. The third-order valence-electron chi connectivity index (χ3n) is 2.18. The van der Waals surface area contributed by atoms with E-state index in [9.17, 15) is 4.79 Å². The molecule has 1 aliphatic rings. The zero-order valence-electron chi connectivity index (χ0n) is 8.04. The molecule has 0 saturated heterocycles. The highest BCUT2D eigenvalue weighted by atomic mass is 79.9. The molecule has 0 aromatic heterocycles. The molecule has 4 heteroatoms. The number of Topliss-reactive ketones (excluding diaryl/α,β-unsaturated/α-hetero) is 1. The minimum Gasteiger partial charge on any atom is -0.377 e. The summed E-state index contributed by atoms with van der Waals surface area (Å²) in [7, 11) is 1.67. The Morgan fingerprint density at radius 1 is 1.57 bits per heavy atom. The molecule has 2 atom stereocenters. The fourth-order valence-corrected chi connectivity index (χ4v) is 1.92. The van der Waals surface area contributed by atoms with Crippen LogP contribution in [0.4, 0.5) is 0 Å². The summed E-state index contributed by atoms with van der Waals surface area (Å²) in [6.07, 6.45) is 5.74. The third-order valence-corrected chi connectivity index (χ3v) is 3.01. The summed E-state index contributed by atoms with van der Waals surface area (Å²) in [6.45, 7) is 2.03. The first-order chi connectivity index (χ1) is 6.56. The fraction of sp³-hybridized carbons (Fsp3) is 0.500. The number of methoxy groups -OCH3 is 1. The summed E-state index contributed by atoms with van der Waals surface area (Å²) < 4.78 is 4.92. The Balaban J connectivity index is 2.77. The second-order valence-corrected chi connectivity index (χ2v) is 6.27. The first kappa shape index (κ1) is 12.1. The van der Waals surface area contributed by atoms with Crippen molar-refractivity contribution in [3.05, 3.63) is 23.8 Å². The van der Waals surface area contributed by atoms with E-state index in [0.29, 0.717) is 0 Å². The van der Waals surface area contributed by atoms with E-state index in [1.54, 1.807) is 7.11 Å². The number of rotatable bonds is 3. The predicted molar refractivity (Wildman–Crippen MR) is 63.8 cm³/mol. The number of ether oxygens (including phenoxy) is 1. The summed E-state index contributed by atoms with van der Waals surface area (Å²) in [6, 6.07) is 0. The molecule has 0 heterocycles.